The lowest BCUT2D eigenvalue weighted by molar-refractivity contribution is -0.137. The third-order valence-corrected chi connectivity index (χ3v) is 9.25. The van der Waals surface area contributed by atoms with Gasteiger partial charge in [-0.2, -0.15) is 13.2 Å². The number of piperidine rings is 2. The fourth-order valence-electron chi connectivity index (χ4n) is 6.64. The number of alkyl halides is 3. The molecule has 3 saturated heterocycles. The van der Waals surface area contributed by atoms with Gasteiger partial charge in [0, 0.05) is 69.2 Å². The average Bonchev–Trinajstić information content (AvgIpc) is 3.35. The van der Waals surface area contributed by atoms with E-state index in [4.69, 9.17) is 4.74 Å². The molecule has 0 N–H and O–H groups in total. The number of nitrogens with zero attached hydrogens (tertiary/aromatic N) is 3. The van der Waals surface area contributed by atoms with Crippen LogP contribution in [0.25, 0.3) is 0 Å². The fourth-order valence-corrected chi connectivity index (χ4v) is 6.64. The standard InChI is InChI=1S/C35H36F3N3O4/c36-35(37,38)30-11-9-25(10-12-30)22-39-19-15-34(16-20-39)24-41(33(44)45-34)23-26-5-4-8-29(21-26)32(43)40-17-13-28(14-18-40)31(42)27-6-2-1-3-7-27/h1-12,21,28H,13-20,22-24H2. The lowest BCUT2D eigenvalue weighted by Crippen LogP contribution is -2.46. The Morgan fingerprint density at radius 3 is 2.13 bits per heavy atom. The molecule has 45 heavy (non-hydrogen) atoms. The van der Waals surface area contributed by atoms with E-state index in [1.54, 1.807) is 15.9 Å². The molecule has 0 aliphatic carbocycles. The summed E-state index contributed by atoms with van der Waals surface area (Å²) >= 11 is 0. The summed E-state index contributed by atoms with van der Waals surface area (Å²) in [5, 5.41) is 0. The minimum atomic E-state index is -4.35. The number of rotatable bonds is 7. The van der Waals surface area contributed by atoms with Gasteiger partial charge in [-0.05, 0) is 48.2 Å². The molecule has 3 aromatic carbocycles. The Morgan fingerprint density at radius 2 is 1.47 bits per heavy atom. The Hall–Kier alpha value is -4.18. The van der Waals surface area contributed by atoms with E-state index in [0.717, 1.165) is 23.3 Å². The Labute approximate surface area is 260 Å². The SMILES string of the molecule is O=C(c1ccccc1)C1CCN(C(=O)c2cccc(CN3CC4(CCN(Cc5ccc(C(F)(F)F)cc5)CC4)OC3=O)c2)CC1. The molecule has 0 unspecified atom stereocenters. The van der Waals surface area contributed by atoms with Crippen LogP contribution in [0.2, 0.25) is 0 Å². The van der Waals surface area contributed by atoms with Gasteiger partial charge in [-0.3, -0.25) is 19.4 Å². The van der Waals surface area contributed by atoms with Crippen LogP contribution in [0.1, 0.15) is 63.1 Å². The number of amides is 2. The number of carbonyl (C=O) groups is 3. The van der Waals surface area contributed by atoms with E-state index < -0.39 is 17.3 Å². The van der Waals surface area contributed by atoms with E-state index in [0.29, 0.717) is 82.6 Å². The Balaban J connectivity index is 1.00. The first-order valence-electron chi connectivity index (χ1n) is 15.4. The highest BCUT2D eigenvalue weighted by molar-refractivity contribution is 5.98. The maximum Gasteiger partial charge on any atom is 0.416 e. The molecule has 3 fully saturated rings. The summed E-state index contributed by atoms with van der Waals surface area (Å²) in [4.78, 5) is 44.7. The molecule has 10 heteroatoms. The maximum absolute atomic E-state index is 13.3. The minimum absolute atomic E-state index is 0.0802. The number of likely N-dealkylation sites (tertiary alicyclic amines) is 2. The minimum Gasteiger partial charge on any atom is -0.441 e. The fraction of sp³-hybridized carbons (Fsp3) is 0.400. The molecule has 3 aliphatic heterocycles. The largest absolute Gasteiger partial charge is 0.441 e. The van der Waals surface area contributed by atoms with Gasteiger partial charge in [0.1, 0.15) is 5.60 Å². The molecule has 7 nitrogen and oxygen atoms in total. The second kappa shape index (κ2) is 12.7. The zero-order chi connectivity index (χ0) is 31.6. The second-order valence-electron chi connectivity index (χ2n) is 12.4. The smallest absolute Gasteiger partial charge is 0.416 e. The highest BCUT2D eigenvalue weighted by atomic mass is 19.4. The highest BCUT2D eigenvalue weighted by Gasteiger charge is 2.47. The summed E-state index contributed by atoms with van der Waals surface area (Å²) in [5.41, 5.74) is 1.66. The van der Waals surface area contributed by atoms with Crippen molar-refractivity contribution in [3.05, 3.63) is 107 Å². The van der Waals surface area contributed by atoms with E-state index in [1.165, 1.54) is 12.1 Å². The van der Waals surface area contributed by atoms with Crippen LogP contribution in [0.15, 0.2) is 78.9 Å². The van der Waals surface area contributed by atoms with Crippen molar-refractivity contribution >= 4 is 17.8 Å². The van der Waals surface area contributed by atoms with Gasteiger partial charge in [0.2, 0.25) is 0 Å². The molecule has 0 aromatic heterocycles. The van der Waals surface area contributed by atoms with Crippen LogP contribution in [0.4, 0.5) is 18.0 Å². The lowest BCUT2D eigenvalue weighted by atomic mass is 9.88. The van der Waals surface area contributed by atoms with Crippen molar-refractivity contribution in [2.45, 2.75) is 50.6 Å². The predicted octanol–water partition coefficient (Wildman–Crippen LogP) is 6.43. The van der Waals surface area contributed by atoms with Gasteiger partial charge in [0.05, 0.1) is 12.1 Å². The van der Waals surface area contributed by atoms with Crippen molar-refractivity contribution in [2.75, 3.05) is 32.7 Å². The molecular formula is C35H36F3N3O4. The monoisotopic (exact) mass is 619 g/mol. The van der Waals surface area contributed by atoms with Crippen molar-refractivity contribution in [2.24, 2.45) is 5.92 Å². The van der Waals surface area contributed by atoms with Crippen LogP contribution < -0.4 is 0 Å². The molecule has 0 radical (unpaired) electrons. The third kappa shape index (κ3) is 7.06. The van der Waals surface area contributed by atoms with Crippen LogP contribution in [0, 0.1) is 5.92 Å². The lowest BCUT2D eigenvalue weighted by Gasteiger charge is -2.37. The molecule has 1 spiro atoms. The van der Waals surface area contributed by atoms with E-state index in [9.17, 15) is 27.6 Å². The highest BCUT2D eigenvalue weighted by Crippen LogP contribution is 2.35. The maximum atomic E-state index is 13.3. The molecule has 3 aromatic rings. The number of hydrogen-bond donors (Lipinski definition) is 0. The zero-order valence-electron chi connectivity index (χ0n) is 25.0. The summed E-state index contributed by atoms with van der Waals surface area (Å²) in [6, 6.07) is 21.8. The van der Waals surface area contributed by atoms with Crippen molar-refractivity contribution in [3.63, 3.8) is 0 Å². The van der Waals surface area contributed by atoms with Crippen molar-refractivity contribution in [1.82, 2.24) is 14.7 Å². The first kappa shape index (κ1) is 30.8. The predicted molar refractivity (Wildman–Crippen MR) is 161 cm³/mol. The van der Waals surface area contributed by atoms with Crippen molar-refractivity contribution in [1.29, 1.82) is 0 Å². The molecule has 236 valence electrons. The van der Waals surface area contributed by atoms with E-state index in [2.05, 4.69) is 4.90 Å². The number of hydrogen-bond acceptors (Lipinski definition) is 5. The van der Waals surface area contributed by atoms with Crippen LogP contribution in [0.3, 0.4) is 0 Å². The third-order valence-electron chi connectivity index (χ3n) is 9.25. The number of carbonyl (C=O) groups excluding carboxylic acids is 3. The summed E-state index contributed by atoms with van der Waals surface area (Å²) in [6.45, 7) is 3.67. The van der Waals surface area contributed by atoms with Crippen LogP contribution in [-0.4, -0.2) is 70.8 Å². The molecule has 6 rings (SSSR count). The molecule has 3 aliphatic rings. The zero-order valence-corrected chi connectivity index (χ0v) is 25.0. The summed E-state index contributed by atoms with van der Waals surface area (Å²) in [7, 11) is 0. The van der Waals surface area contributed by atoms with Gasteiger partial charge in [-0.15, -0.1) is 0 Å². The molecule has 0 saturated carbocycles. The molecule has 2 amide bonds. The van der Waals surface area contributed by atoms with E-state index in [1.807, 2.05) is 48.5 Å². The summed E-state index contributed by atoms with van der Waals surface area (Å²) in [6.07, 6.45) is -2.21. The van der Waals surface area contributed by atoms with Gasteiger partial charge in [0.25, 0.3) is 5.91 Å². The number of halogens is 3. The number of Topliss-reactive ketones (excluding diaryl/α,β-unsaturated/α-hetero) is 1. The first-order chi connectivity index (χ1) is 21.6. The quantitative estimate of drug-likeness (QED) is 0.285. The van der Waals surface area contributed by atoms with Crippen molar-refractivity contribution < 1.29 is 32.3 Å². The van der Waals surface area contributed by atoms with E-state index >= 15 is 0 Å². The molecule has 0 atom stereocenters. The number of ether oxygens (including phenoxy) is 1. The Bertz CT molecular complexity index is 1530. The molecule has 0 bridgehead atoms. The van der Waals surface area contributed by atoms with Crippen LogP contribution in [-0.2, 0) is 24.0 Å². The number of ketones is 1. The van der Waals surface area contributed by atoms with Gasteiger partial charge >= 0.3 is 12.3 Å². The summed E-state index contributed by atoms with van der Waals surface area (Å²) < 4.78 is 44.5. The normalized spacial score (nSPS) is 19.1. The topological polar surface area (TPSA) is 70.2 Å². The average molecular weight is 620 g/mol. The van der Waals surface area contributed by atoms with E-state index in [-0.39, 0.29) is 23.7 Å². The molecule has 3 heterocycles. The Morgan fingerprint density at radius 1 is 0.800 bits per heavy atom. The summed E-state index contributed by atoms with van der Waals surface area (Å²) in [5.74, 6) is -0.0406. The first-order valence-corrected chi connectivity index (χ1v) is 15.4. The molecular weight excluding hydrogens is 583 g/mol. The van der Waals surface area contributed by atoms with Gasteiger partial charge in [-0.1, -0.05) is 54.6 Å². The van der Waals surface area contributed by atoms with Gasteiger partial charge < -0.3 is 9.64 Å². The van der Waals surface area contributed by atoms with Gasteiger partial charge in [-0.25, -0.2) is 4.79 Å². The van der Waals surface area contributed by atoms with Gasteiger partial charge in [0.15, 0.2) is 5.78 Å². The number of benzene rings is 3. The van der Waals surface area contributed by atoms with Crippen LogP contribution in [0.5, 0.6) is 0 Å². The Kier molecular flexibility index (Phi) is 8.68. The van der Waals surface area contributed by atoms with Crippen molar-refractivity contribution in [3.8, 4) is 0 Å². The van der Waals surface area contributed by atoms with Crippen LogP contribution >= 0.6 is 0 Å². The second-order valence-corrected chi connectivity index (χ2v) is 12.4.